The predicted molar refractivity (Wildman–Crippen MR) is 26.8 cm³/mol. The Morgan fingerprint density at radius 2 is 2.50 bits per heavy atom. The third-order valence-electron chi connectivity index (χ3n) is 1.05. The molecule has 0 radical (unpaired) electrons. The summed E-state index contributed by atoms with van der Waals surface area (Å²) < 4.78 is 0.127. The molecule has 1 aliphatic carbocycles. The van der Waals surface area contributed by atoms with Crippen molar-refractivity contribution in [1.82, 2.24) is 0 Å². The van der Waals surface area contributed by atoms with E-state index in [1.165, 1.54) is 0 Å². The molecular weight excluding hydrogens is 139 g/mol. The van der Waals surface area contributed by atoms with Gasteiger partial charge in [0.1, 0.15) is 0 Å². The monoisotopic (exact) mass is 144 g/mol. The number of hydrogen-bond donors (Lipinski definition) is 0. The summed E-state index contributed by atoms with van der Waals surface area (Å²) >= 11 is 2.02. The molecular formula is C6H5OV. The van der Waals surface area contributed by atoms with Crippen LogP contribution in [0, 0.1) is 0 Å². The molecule has 0 aliphatic heterocycles. The summed E-state index contributed by atoms with van der Waals surface area (Å²) in [6, 6.07) is 0. The second-order valence-electron chi connectivity index (χ2n) is 1.63. The van der Waals surface area contributed by atoms with E-state index in [1.54, 1.807) is 0 Å². The van der Waals surface area contributed by atoms with Gasteiger partial charge >= 0.3 is 56.9 Å². The molecule has 0 amide bonds. The van der Waals surface area contributed by atoms with Crippen molar-refractivity contribution in [1.29, 1.82) is 0 Å². The molecule has 0 spiro atoms. The second kappa shape index (κ2) is 2.34. The van der Waals surface area contributed by atoms with Gasteiger partial charge in [0.05, 0.1) is 0 Å². The van der Waals surface area contributed by atoms with Crippen LogP contribution >= 0.6 is 0 Å². The Morgan fingerprint density at radius 3 is 2.75 bits per heavy atom. The van der Waals surface area contributed by atoms with Gasteiger partial charge in [0.2, 0.25) is 0 Å². The summed E-state index contributed by atoms with van der Waals surface area (Å²) in [5.41, 5.74) is 0.894. The van der Waals surface area contributed by atoms with Crippen LogP contribution in [0.4, 0.5) is 0 Å². The third-order valence-corrected chi connectivity index (χ3v) is 1.49. The summed E-state index contributed by atoms with van der Waals surface area (Å²) in [6.07, 6.45) is 6.54. The van der Waals surface area contributed by atoms with Crippen LogP contribution in [0.5, 0.6) is 0 Å². The van der Waals surface area contributed by atoms with Crippen LogP contribution in [0.2, 0.25) is 0 Å². The van der Waals surface area contributed by atoms with E-state index in [1.807, 2.05) is 35.7 Å². The third kappa shape index (κ3) is 1.12. The summed E-state index contributed by atoms with van der Waals surface area (Å²) in [5.74, 6) is 0. The van der Waals surface area contributed by atoms with Crippen molar-refractivity contribution in [2.45, 2.75) is 6.42 Å². The maximum atomic E-state index is 10.5. The molecule has 0 unspecified atom stereocenters. The van der Waals surface area contributed by atoms with Gasteiger partial charge in [-0.25, -0.2) is 0 Å². The Hall–Kier alpha value is -0.266. The van der Waals surface area contributed by atoms with Crippen molar-refractivity contribution < 1.29 is 22.2 Å². The minimum atomic E-state index is 0.127. The summed E-state index contributed by atoms with van der Waals surface area (Å²) in [4.78, 5) is 10.5. The molecule has 40 valence electrons. The normalized spacial score (nSPS) is 16.2. The fourth-order valence-electron chi connectivity index (χ4n) is 0.606. The van der Waals surface area contributed by atoms with Crippen molar-refractivity contribution in [3.63, 3.8) is 0 Å². The number of hydrogen-bond acceptors (Lipinski definition) is 1. The number of carbonyl (C=O) groups excluding carboxylic acids is 1. The maximum absolute atomic E-state index is 10.5. The summed E-state index contributed by atoms with van der Waals surface area (Å²) in [5, 5.41) is 0. The standard InChI is InChI=1S/C6H5O.V/c7-5-6-3-1-2-4-6;/h1-3H,4H2;. The first kappa shape index (κ1) is 5.86. The molecule has 0 N–H and O–H groups in total. The van der Waals surface area contributed by atoms with Gasteiger partial charge in [0, 0.05) is 0 Å². The SMILES string of the molecule is O=[C]([V])C1=CC=CC1. The average Bonchev–Trinajstić information content (AvgIpc) is 2.12. The Bertz CT molecular complexity index is 167. The van der Waals surface area contributed by atoms with Crippen LogP contribution in [0.1, 0.15) is 6.42 Å². The average molecular weight is 144 g/mol. The Morgan fingerprint density at radius 1 is 1.75 bits per heavy atom. The van der Waals surface area contributed by atoms with Crippen molar-refractivity contribution >= 4 is 4.49 Å². The molecule has 0 heterocycles. The molecule has 0 fully saturated rings. The van der Waals surface area contributed by atoms with Crippen molar-refractivity contribution in [2.75, 3.05) is 0 Å². The molecule has 0 saturated carbocycles. The van der Waals surface area contributed by atoms with E-state index in [4.69, 9.17) is 0 Å². The van der Waals surface area contributed by atoms with Crippen molar-refractivity contribution in [3.05, 3.63) is 23.8 Å². The predicted octanol–water partition coefficient (Wildman–Crippen LogP) is 0.946. The van der Waals surface area contributed by atoms with Crippen LogP contribution in [0.15, 0.2) is 23.8 Å². The fraction of sp³-hybridized carbons (Fsp3) is 0.167. The molecule has 1 aliphatic rings. The van der Waals surface area contributed by atoms with Crippen LogP contribution in [-0.2, 0) is 22.2 Å². The molecule has 0 atom stereocenters. The molecule has 1 rings (SSSR count). The Labute approximate surface area is 57.4 Å². The quantitative estimate of drug-likeness (QED) is 0.535. The van der Waals surface area contributed by atoms with Gasteiger partial charge in [-0.15, -0.1) is 0 Å². The zero-order valence-electron chi connectivity index (χ0n) is 4.29. The van der Waals surface area contributed by atoms with Gasteiger partial charge in [-0.2, -0.15) is 0 Å². The van der Waals surface area contributed by atoms with E-state index in [-0.39, 0.29) is 4.49 Å². The molecule has 2 heteroatoms. The Kier molecular flexibility index (Phi) is 1.71. The summed E-state index contributed by atoms with van der Waals surface area (Å²) in [7, 11) is 0. The van der Waals surface area contributed by atoms with E-state index in [0.29, 0.717) is 0 Å². The molecule has 8 heavy (non-hydrogen) atoms. The van der Waals surface area contributed by atoms with Gasteiger partial charge in [-0.1, -0.05) is 0 Å². The number of carbonyl (C=O) groups is 1. The molecule has 0 aromatic rings. The van der Waals surface area contributed by atoms with E-state index < -0.39 is 0 Å². The molecule has 0 aromatic heterocycles. The van der Waals surface area contributed by atoms with Gasteiger partial charge in [0.15, 0.2) is 0 Å². The molecule has 1 nitrogen and oxygen atoms in total. The summed E-state index contributed by atoms with van der Waals surface area (Å²) in [6.45, 7) is 0. The van der Waals surface area contributed by atoms with E-state index in [2.05, 4.69) is 0 Å². The minimum absolute atomic E-state index is 0.127. The van der Waals surface area contributed by atoms with Crippen molar-refractivity contribution in [2.24, 2.45) is 0 Å². The number of rotatable bonds is 1. The van der Waals surface area contributed by atoms with Crippen LogP contribution < -0.4 is 0 Å². The Balaban J connectivity index is 2.64. The van der Waals surface area contributed by atoms with E-state index >= 15 is 0 Å². The van der Waals surface area contributed by atoms with Crippen molar-refractivity contribution in [3.8, 4) is 0 Å². The zero-order chi connectivity index (χ0) is 5.98. The zero-order valence-corrected chi connectivity index (χ0v) is 5.69. The fourth-order valence-corrected chi connectivity index (χ4v) is 0.865. The van der Waals surface area contributed by atoms with Gasteiger partial charge < -0.3 is 0 Å². The first-order valence-electron chi connectivity index (χ1n) is 2.39. The molecule has 0 aromatic carbocycles. The second-order valence-corrected chi connectivity index (χ2v) is 2.26. The first-order valence-corrected chi connectivity index (χ1v) is 3.09. The van der Waals surface area contributed by atoms with Gasteiger partial charge in [0.25, 0.3) is 0 Å². The van der Waals surface area contributed by atoms with Crippen LogP contribution in [0.3, 0.4) is 0 Å². The molecule has 0 saturated heterocycles. The number of allylic oxidation sites excluding steroid dienone is 4. The van der Waals surface area contributed by atoms with Crippen LogP contribution in [0.25, 0.3) is 0 Å². The molecule has 0 bridgehead atoms. The van der Waals surface area contributed by atoms with Gasteiger partial charge in [-0.05, 0) is 0 Å². The van der Waals surface area contributed by atoms with E-state index in [0.717, 1.165) is 12.0 Å². The first-order chi connectivity index (χ1) is 3.80. The van der Waals surface area contributed by atoms with Gasteiger partial charge in [-0.3, -0.25) is 0 Å². The topological polar surface area (TPSA) is 17.1 Å². The van der Waals surface area contributed by atoms with E-state index in [9.17, 15) is 4.79 Å². The van der Waals surface area contributed by atoms with Crippen LogP contribution in [-0.4, -0.2) is 4.49 Å².